The number of benzene rings is 3. The lowest BCUT2D eigenvalue weighted by atomic mass is 9.98. The standard InChI is InChI=1S/C29H27F5O/c1-3-5-7-8-24(30)28(34)21-13-14-23(25(31)16-21)20-11-9-19(10-12-20)22-17-26(32)29(27(33)18-22)35-15-6-4-2/h3,5,9-14,16-18H,4,6-8,15H2,1-2H3/b5-3+,28-24+. The Balaban J connectivity index is 1.81. The maximum absolute atomic E-state index is 14.7. The van der Waals surface area contributed by atoms with E-state index >= 15 is 0 Å². The number of ether oxygens (including phenoxy) is 1. The van der Waals surface area contributed by atoms with Gasteiger partial charge in [-0.3, -0.25) is 0 Å². The van der Waals surface area contributed by atoms with E-state index in [-0.39, 0.29) is 24.2 Å². The molecule has 0 fully saturated rings. The first kappa shape index (κ1) is 26.2. The Bertz CT molecular complexity index is 1190. The Hall–Kier alpha value is -3.41. The molecule has 0 spiro atoms. The summed E-state index contributed by atoms with van der Waals surface area (Å²) in [7, 11) is 0. The maximum atomic E-state index is 14.7. The molecule has 0 aliphatic rings. The van der Waals surface area contributed by atoms with Crippen molar-refractivity contribution in [1.29, 1.82) is 0 Å². The van der Waals surface area contributed by atoms with Crippen molar-refractivity contribution in [2.24, 2.45) is 0 Å². The van der Waals surface area contributed by atoms with Gasteiger partial charge in [0.15, 0.2) is 23.2 Å². The van der Waals surface area contributed by atoms with Gasteiger partial charge in [-0.15, -0.1) is 0 Å². The van der Waals surface area contributed by atoms with Crippen molar-refractivity contribution < 1.29 is 26.7 Å². The second-order valence-corrected chi connectivity index (χ2v) is 8.07. The minimum Gasteiger partial charge on any atom is -0.488 e. The first-order chi connectivity index (χ1) is 16.8. The van der Waals surface area contributed by atoms with Gasteiger partial charge in [0.1, 0.15) is 11.6 Å². The number of unbranched alkanes of at least 4 members (excludes halogenated alkanes) is 1. The first-order valence-electron chi connectivity index (χ1n) is 11.5. The lowest BCUT2D eigenvalue weighted by Crippen LogP contribution is -2.01. The Kier molecular flexibility index (Phi) is 9.24. The minimum atomic E-state index is -1.08. The molecule has 6 heteroatoms. The normalized spacial score (nSPS) is 12.2. The summed E-state index contributed by atoms with van der Waals surface area (Å²) in [6.45, 7) is 3.96. The van der Waals surface area contributed by atoms with Crippen molar-refractivity contribution >= 4 is 5.83 Å². The van der Waals surface area contributed by atoms with Crippen LogP contribution in [0.3, 0.4) is 0 Å². The molecule has 0 aliphatic heterocycles. The molecule has 0 unspecified atom stereocenters. The van der Waals surface area contributed by atoms with Gasteiger partial charge in [-0.2, -0.15) is 0 Å². The zero-order chi connectivity index (χ0) is 25.4. The van der Waals surface area contributed by atoms with E-state index in [1.165, 1.54) is 24.3 Å². The average molecular weight is 487 g/mol. The van der Waals surface area contributed by atoms with Gasteiger partial charge in [-0.1, -0.05) is 61.9 Å². The van der Waals surface area contributed by atoms with Crippen LogP contribution in [0.2, 0.25) is 0 Å². The number of halogens is 5. The van der Waals surface area contributed by atoms with Crippen molar-refractivity contribution in [3.63, 3.8) is 0 Å². The molecule has 3 aromatic rings. The van der Waals surface area contributed by atoms with Gasteiger partial charge in [-0.25, -0.2) is 22.0 Å². The third kappa shape index (κ3) is 6.59. The number of hydrogen-bond acceptors (Lipinski definition) is 1. The number of hydrogen-bond donors (Lipinski definition) is 0. The second kappa shape index (κ2) is 12.3. The predicted octanol–water partition coefficient (Wildman–Crippen LogP) is 9.58. The van der Waals surface area contributed by atoms with Crippen molar-refractivity contribution in [3.8, 4) is 28.0 Å². The SMILES string of the molecule is C/C=C/CC/C(F)=C(\F)c1ccc(-c2ccc(-c3cc(F)c(OCCCC)c(F)c3)cc2)c(F)c1. The first-order valence-corrected chi connectivity index (χ1v) is 11.5. The number of allylic oxidation sites excluding steroid dienone is 3. The Labute approximate surface area is 202 Å². The summed E-state index contributed by atoms with van der Waals surface area (Å²) >= 11 is 0. The monoisotopic (exact) mass is 486 g/mol. The molecular weight excluding hydrogens is 459 g/mol. The molecule has 184 valence electrons. The topological polar surface area (TPSA) is 9.23 Å². The van der Waals surface area contributed by atoms with E-state index in [0.29, 0.717) is 29.5 Å². The van der Waals surface area contributed by atoms with Crippen LogP contribution in [-0.2, 0) is 0 Å². The zero-order valence-corrected chi connectivity index (χ0v) is 19.7. The lowest BCUT2D eigenvalue weighted by molar-refractivity contribution is 0.279. The van der Waals surface area contributed by atoms with Crippen molar-refractivity contribution in [1.82, 2.24) is 0 Å². The van der Waals surface area contributed by atoms with Gasteiger partial charge in [0.2, 0.25) is 0 Å². The van der Waals surface area contributed by atoms with Gasteiger partial charge in [0, 0.05) is 17.5 Å². The Morgan fingerprint density at radius 2 is 1.49 bits per heavy atom. The van der Waals surface area contributed by atoms with Gasteiger partial charge in [0.05, 0.1) is 6.61 Å². The molecule has 3 rings (SSSR count). The van der Waals surface area contributed by atoms with Crippen LogP contribution in [0.1, 0.15) is 45.1 Å². The van der Waals surface area contributed by atoms with E-state index in [9.17, 15) is 22.0 Å². The molecule has 3 aromatic carbocycles. The molecule has 0 heterocycles. The molecule has 0 N–H and O–H groups in total. The summed E-state index contributed by atoms with van der Waals surface area (Å²) in [4.78, 5) is 0. The molecule has 0 aliphatic carbocycles. The van der Waals surface area contributed by atoms with Crippen LogP contribution >= 0.6 is 0 Å². The average Bonchev–Trinajstić information content (AvgIpc) is 2.85. The van der Waals surface area contributed by atoms with E-state index < -0.39 is 34.9 Å². The fourth-order valence-electron chi connectivity index (χ4n) is 3.55. The highest BCUT2D eigenvalue weighted by Crippen LogP contribution is 2.33. The van der Waals surface area contributed by atoms with Gasteiger partial charge < -0.3 is 4.74 Å². The quantitative estimate of drug-likeness (QED) is 0.157. The largest absolute Gasteiger partial charge is 0.488 e. The second-order valence-electron chi connectivity index (χ2n) is 8.07. The summed E-state index contributed by atoms with van der Waals surface area (Å²) < 4.78 is 77.1. The van der Waals surface area contributed by atoms with Crippen LogP contribution in [0.5, 0.6) is 5.75 Å². The highest BCUT2D eigenvalue weighted by Gasteiger charge is 2.15. The van der Waals surface area contributed by atoms with Crippen LogP contribution in [-0.4, -0.2) is 6.61 Å². The molecule has 0 saturated heterocycles. The molecule has 0 bridgehead atoms. The molecule has 1 nitrogen and oxygen atoms in total. The van der Waals surface area contributed by atoms with E-state index in [1.54, 1.807) is 43.3 Å². The van der Waals surface area contributed by atoms with Crippen LogP contribution in [0, 0.1) is 17.5 Å². The van der Waals surface area contributed by atoms with E-state index in [2.05, 4.69) is 0 Å². The van der Waals surface area contributed by atoms with Crippen LogP contribution in [0.15, 0.2) is 72.6 Å². The molecular formula is C29H27F5O. The Morgan fingerprint density at radius 1 is 0.829 bits per heavy atom. The van der Waals surface area contributed by atoms with Crippen molar-refractivity contribution in [3.05, 3.63) is 95.6 Å². The van der Waals surface area contributed by atoms with E-state index in [4.69, 9.17) is 4.74 Å². The number of rotatable bonds is 10. The highest BCUT2D eigenvalue weighted by atomic mass is 19.2. The Morgan fingerprint density at radius 3 is 2.09 bits per heavy atom. The van der Waals surface area contributed by atoms with Crippen LogP contribution in [0.25, 0.3) is 28.1 Å². The van der Waals surface area contributed by atoms with Crippen molar-refractivity contribution in [2.75, 3.05) is 6.61 Å². The van der Waals surface area contributed by atoms with E-state index in [0.717, 1.165) is 12.5 Å². The zero-order valence-electron chi connectivity index (χ0n) is 19.7. The molecule has 0 radical (unpaired) electrons. The van der Waals surface area contributed by atoms with Gasteiger partial charge in [0.25, 0.3) is 0 Å². The summed E-state index contributed by atoms with van der Waals surface area (Å²) in [5.74, 6) is -4.72. The fraction of sp³-hybridized carbons (Fsp3) is 0.241. The van der Waals surface area contributed by atoms with E-state index in [1.807, 2.05) is 6.92 Å². The van der Waals surface area contributed by atoms with Gasteiger partial charge in [-0.05, 0) is 54.7 Å². The molecule has 0 aromatic heterocycles. The predicted molar refractivity (Wildman–Crippen MR) is 131 cm³/mol. The smallest absolute Gasteiger partial charge is 0.190 e. The lowest BCUT2D eigenvalue weighted by Gasteiger charge is -2.11. The van der Waals surface area contributed by atoms with Crippen molar-refractivity contribution in [2.45, 2.75) is 39.5 Å². The molecule has 35 heavy (non-hydrogen) atoms. The summed E-state index contributed by atoms with van der Waals surface area (Å²) in [5, 5.41) is 0. The summed E-state index contributed by atoms with van der Waals surface area (Å²) in [6.07, 6.45) is 5.25. The highest BCUT2D eigenvalue weighted by molar-refractivity contribution is 5.73. The van der Waals surface area contributed by atoms with Gasteiger partial charge >= 0.3 is 0 Å². The summed E-state index contributed by atoms with van der Waals surface area (Å²) in [5.41, 5.74) is 1.34. The van der Waals surface area contributed by atoms with Crippen LogP contribution in [0.4, 0.5) is 22.0 Å². The molecule has 0 saturated carbocycles. The maximum Gasteiger partial charge on any atom is 0.190 e. The minimum absolute atomic E-state index is 0.103. The third-order valence-electron chi connectivity index (χ3n) is 5.50. The summed E-state index contributed by atoms with van der Waals surface area (Å²) in [6, 6.07) is 12.4. The molecule has 0 atom stereocenters. The third-order valence-corrected chi connectivity index (χ3v) is 5.50. The van der Waals surface area contributed by atoms with Crippen LogP contribution < -0.4 is 4.74 Å². The molecule has 0 amide bonds. The fourth-order valence-corrected chi connectivity index (χ4v) is 3.55.